The van der Waals surface area contributed by atoms with Crippen molar-refractivity contribution in [2.24, 2.45) is 0 Å². The summed E-state index contributed by atoms with van der Waals surface area (Å²) in [5, 5.41) is 0. The maximum atomic E-state index is 13.2. The van der Waals surface area contributed by atoms with Gasteiger partial charge < -0.3 is 9.15 Å². The fourth-order valence-corrected chi connectivity index (χ4v) is 2.13. The molecule has 2 rings (SSSR count). The van der Waals surface area contributed by atoms with Gasteiger partial charge >= 0.3 is 5.97 Å². The van der Waals surface area contributed by atoms with E-state index in [0.29, 0.717) is 24.4 Å². The molecular formula is C16H18FNO3. The molecule has 1 aromatic carbocycles. The van der Waals surface area contributed by atoms with Crippen LogP contribution in [0.1, 0.15) is 28.6 Å². The molecule has 0 amide bonds. The Balaban J connectivity index is 2.09. The molecule has 1 heterocycles. The molecule has 0 saturated heterocycles. The van der Waals surface area contributed by atoms with Crippen molar-refractivity contribution in [1.82, 2.24) is 4.90 Å². The zero-order valence-electron chi connectivity index (χ0n) is 12.1. The number of carbonyl (C=O) groups excluding carboxylic acids is 1. The summed E-state index contributed by atoms with van der Waals surface area (Å²) in [5.74, 6) is -0.113. The Morgan fingerprint density at radius 1 is 1.33 bits per heavy atom. The average Bonchev–Trinajstić information content (AvgIpc) is 2.94. The Hall–Kier alpha value is -2.14. The summed E-state index contributed by atoms with van der Waals surface area (Å²) in [6.07, 6.45) is 1.47. The van der Waals surface area contributed by atoms with Crippen molar-refractivity contribution in [1.29, 1.82) is 0 Å². The predicted octanol–water partition coefficient (Wildman–Crippen LogP) is 3.23. The van der Waals surface area contributed by atoms with Gasteiger partial charge in [0.1, 0.15) is 17.1 Å². The van der Waals surface area contributed by atoms with Gasteiger partial charge in [0, 0.05) is 6.54 Å². The van der Waals surface area contributed by atoms with Crippen LogP contribution in [0, 0.1) is 5.82 Å². The van der Waals surface area contributed by atoms with Crippen molar-refractivity contribution in [3.63, 3.8) is 0 Å². The highest BCUT2D eigenvalue weighted by Gasteiger charge is 2.17. The van der Waals surface area contributed by atoms with Crippen LogP contribution < -0.4 is 0 Å². The minimum absolute atomic E-state index is 0.253. The Morgan fingerprint density at radius 3 is 2.81 bits per heavy atom. The summed E-state index contributed by atoms with van der Waals surface area (Å²) >= 11 is 0. The number of nitrogens with zero attached hydrogens (tertiary/aromatic N) is 1. The molecule has 0 bridgehead atoms. The SMILES string of the molecule is CCN(Cc1cccc(F)c1)Cc1occc1C(=O)OC. The van der Waals surface area contributed by atoms with Crippen LogP contribution in [0.2, 0.25) is 0 Å². The summed E-state index contributed by atoms with van der Waals surface area (Å²) in [6.45, 7) is 3.79. The van der Waals surface area contributed by atoms with E-state index in [1.54, 1.807) is 12.1 Å². The van der Waals surface area contributed by atoms with E-state index in [1.807, 2.05) is 13.0 Å². The van der Waals surface area contributed by atoms with E-state index < -0.39 is 5.97 Å². The van der Waals surface area contributed by atoms with Gasteiger partial charge in [-0.25, -0.2) is 9.18 Å². The van der Waals surface area contributed by atoms with E-state index in [9.17, 15) is 9.18 Å². The maximum Gasteiger partial charge on any atom is 0.341 e. The molecule has 0 spiro atoms. The van der Waals surface area contributed by atoms with Crippen molar-refractivity contribution in [3.8, 4) is 0 Å². The number of halogens is 1. The van der Waals surface area contributed by atoms with Gasteiger partial charge in [0.2, 0.25) is 0 Å². The zero-order valence-corrected chi connectivity index (χ0v) is 12.1. The minimum atomic E-state index is -0.416. The molecule has 0 unspecified atom stereocenters. The first-order chi connectivity index (χ1) is 10.1. The Bertz CT molecular complexity index is 609. The normalized spacial score (nSPS) is 10.9. The summed E-state index contributed by atoms with van der Waals surface area (Å²) in [5.41, 5.74) is 1.30. The minimum Gasteiger partial charge on any atom is -0.467 e. The summed E-state index contributed by atoms with van der Waals surface area (Å²) < 4.78 is 23.3. The van der Waals surface area contributed by atoms with E-state index in [0.717, 1.165) is 12.1 Å². The molecule has 21 heavy (non-hydrogen) atoms. The number of furan rings is 1. The van der Waals surface area contributed by atoms with Crippen molar-refractivity contribution < 1.29 is 18.3 Å². The van der Waals surface area contributed by atoms with Crippen LogP contribution in [0.25, 0.3) is 0 Å². The molecular weight excluding hydrogens is 273 g/mol. The molecule has 0 aliphatic carbocycles. The van der Waals surface area contributed by atoms with Gasteiger partial charge in [-0.15, -0.1) is 0 Å². The Labute approximate surface area is 123 Å². The first-order valence-corrected chi connectivity index (χ1v) is 6.75. The van der Waals surface area contributed by atoms with Crippen LogP contribution in [-0.2, 0) is 17.8 Å². The first kappa shape index (κ1) is 15.3. The smallest absolute Gasteiger partial charge is 0.341 e. The van der Waals surface area contributed by atoms with Gasteiger partial charge in [-0.3, -0.25) is 4.90 Å². The second-order valence-corrected chi connectivity index (χ2v) is 4.68. The predicted molar refractivity (Wildman–Crippen MR) is 76.2 cm³/mol. The molecule has 1 aromatic heterocycles. The molecule has 2 aromatic rings. The average molecular weight is 291 g/mol. The molecule has 0 N–H and O–H groups in total. The lowest BCUT2D eigenvalue weighted by Crippen LogP contribution is -2.23. The monoisotopic (exact) mass is 291 g/mol. The summed E-state index contributed by atoms with van der Waals surface area (Å²) in [7, 11) is 1.34. The number of methoxy groups -OCH3 is 1. The maximum absolute atomic E-state index is 13.2. The molecule has 112 valence electrons. The lowest BCUT2D eigenvalue weighted by Gasteiger charge is -2.19. The Morgan fingerprint density at radius 2 is 2.14 bits per heavy atom. The standard InChI is InChI=1S/C16H18FNO3/c1-3-18(10-12-5-4-6-13(17)9-12)11-15-14(7-8-21-15)16(19)20-2/h4-9H,3,10-11H2,1-2H3. The molecule has 0 aliphatic heterocycles. The number of rotatable bonds is 6. The Kier molecular flexibility index (Phi) is 5.11. The van der Waals surface area contributed by atoms with E-state index in [1.165, 1.54) is 25.5 Å². The summed E-state index contributed by atoms with van der Waals surface area (Å²) in [6, 6.07) is 8.07. The number of esters is 1. The van der Waals surface area contributed by atoms with Crippen LogP contribution in [0.4, 0.5) is 4.39 Å². The van der Waals surface area contributed by atoms with E-state index in [-0.39, 0.29) is 5.82 Å². The van der Waals surface area contributed by atoms with E-state index >= 15 is 0 Å². The lowest BCUT2D eigenvalue weighted by atomic mass is 10.2. The largest absolute Gasteiger partial charge is 0.467 e. The highest BCUT2D eigenvalue weighted by atomic mass is 19.1. The van der Waals surface area contributed by atoms with Crippen LogP contribution >= 0.6 is 0 Å². The van der Waals surface area contributed by atoms with Crippen LogP contribution in [0.5, 0.6) is 0 Å². The van der Waals surface area contributed by atoms with Gasteiger partial charge in [0.25, 0.3) is 0 Å². The molecule has 5 heteroatoms. The van der Waals surface area contributed by atoms with Crippen molar-refractivity contribution in [3.05, 3.63) is 59.3 Å². The molecule has 0 saturated carbocycles. The third kappa shape index (κ3) is 3.92. The molecule has 4 nitrogen and oxygen atoms in total. The van der Waals surface area contributed by atoms with Crippen molar-refractivity contribution >= 4 is 5.97 Å². The van der Waals surface area contributed by atoms with E-state index in [4.69, 9.17) is 9.15 Å². The number of hydrogen-bond acceptors (Lipinski definition) is 4. The number of carbonyl (C=O) groups is 1. The number of hydrogen-bond donors (Lipinski definition) is 0. The highest BCUT2D eigenvalue weighted by molar-refractivity contribution is 5.90. The quantitative estimate of drug-likeness (QED) is 0.766. The second kappa shape index (κ2) is 7.04. The van der Waals surface area contributed by atoms with Gasteiger partial charge in [-0.05, 0) is 30.3 Å². The van der Waals surface area contributed by atoms with Crippen LogP contribution in [0.15, 0.2) is 41.0 Å². The van der Waals surface area contributed by atoms with Crippen molar-refractivity contribution in [2.45, 2.75) is 20.0 Å². The zero-order chi connectivity index (χ0) is 15.2. The van der Waals surface area contributed by atoms with Gasteiger partial charge in [-0.1, -0.05) is 19.1 Å². The molecule has 0 fully saturated rings. The van der Waals surface area contributed by atoms with Crippen LogP contribution in [0.3, 0.4) is 0 Å². The number of benzene rings is 1. The summed E-state index contributed by atoms with van der Waals surface area (Å²) in [4.78, 5) is 13.7. The highest BCUT2D eigenvalue weighted by Crippen LogP contribution is 2.16. The fourth-order valence-electron chi connectivity index (χ4n) is 2.13. The molecule has 0 atom stereocenters. The second-order valence-electron chi connectivity index (χ2n) is 4.68. The topological polar surface area (TPSA) is 42.7 Å². The molecule has 0 radical (unpaired) electrons. The first-order valence-electron chi connectivity index (χ1n) is 6.75. The van der Waals surface area contributed by atoms with Crippen LogP contribution in [-0.4, -0.2) is 24.5 Å². The molecule has 0 aliphatic rings. The van der Waals surface area contributed by atoms with Gasteiger partial charge in [0.05, 0.1) is 19.9 Å². The van der Waals surface area contributed by atoms with Gasteiger partial charge in [0.15, 0.2) is 0 Å². The fraction of sp³-hybridized carbons (Fsp3) is 0.312. The third-order valence-corrected chi connectivity index (χ3v) is 3.26. The number of ether oxygens (including phenoxy) is 1. The van der Waals surface area contributed by atoms with E-state index in [2.05, 4.69) is 4.90 Å². The van der Waals surface area contributed by atoms with Crippen molar-refractivity contribution in [2.75, 3.05) is 13.7 Å². The van der Waals surface area contributed by atoms with Gasteiger partial charge in [-0.2, -0.15) is 0 Å². The third-order valence-electron chi connectivity index (χ3n) is 3.26. The lowest BCUT2D eigenvalue weighted by molar-refractivity contribution is 0.0596.